The Morgan fingerprint density at radius 2 is 1.98 bits per heavy atom. The molecule has 4 aromatic rings. The largest absolute Gasteiger partial charge is 0.454 e. The van der Waals surface area contributed by atoms with E-state index in [-0.39, 0.29) is 52.3 Å². The van der Waals surface area contributed by atoms with Gasteiger partial charge in [0.25, 0.3) is 5.56 Å². The van der Waals surface area contributed by atoms with Gasteiger partial charge >= 0.3 is 12.3 Å². The van der Waals surface area contributed by atoms with E-state index in [1.807, 2.05) is 6.07 Å². The van der Waals surface area contributed by atoms with Crippen LogP contribution in [0.2, 0.25) is 0 Å². The summed E-state index contributed by atoms with van der Waals surface area (Å²) in [5, 5.41) is 15.1. The fourth-order valence-electron chi connectivity index (χ4n) is 4.43. The Bertz CT molecular complexity index is 1790. The summed E-state index contributed by atoms with van der Waals surface area (Å²) in [6.07, 6.45) is -2.04. The summed E-state index contributed by atoms with van der Waals surface area (Å²) in [5.41, 5.74) is -1.81. The van der Waals surface area contributed by atoms with Crippen LogP contribution in [0, 0.1) is 11.3 Å². The highest BCUT2D eigenvalue weighted by Crippen LogP contribution is 2.33. The number of aryl methyl sites for hydroxylation is 2. The molecule has 0 atom stereocenters. The summed E-state index contributed by atoms with van der Waals surface area (Å²) in [5.74, 6) is 0.366. The molecule has 17 heteroatoms. The standard InChI is InChI=1S/C27H26F3N9O5/c1-37-15-16(27(28,29)30)11-19(24(37)40)34-25-36-23-22(38(25)2)18(13-31)20(14-33-23)44-17-3-4-32-21(12-17)35-26(41)43-10-7-39-5-8-42-9-6-39/h3-4,11-12,14-15H,5-10H2,1-2H3,(H,32,35,41)(H,33,34,36). The summed E-state index contributed by atoms with van der Waals surface area (Å²) >= 11 is 0. The number of nitrogens with one attached hydrogen (secondary N) is 2. The van der Waals surface area contributed by atoms with Crippen LogP contribution in [-0.2, 0) is 29.7 Å². The van der Waals surface area contributed by atoms with E-state index in [2.05, 4.69) is 30.5 Å². The first-order chi connectivity index (χ1) is 21.0. The molecule has 1 aliphatic rings. The Labute approximate surface area is 247 Å². The molecule has 4 aromatic heterocycles. The van der Waals surface area contributed by atoms with E-state index in [0.717, 1.165) is 17.7 Å². The average Bonchev–Trinajstić information content (AvgIpc) is 3.30. The maximum Gasteiger partial charge on any atom is 0.417 e. The third-order valence-corrected chi connectivity index (χ3v) is 6.67. The van der Waals surface area contributed by atoms with Gasteiger partial charge in [-0.25, -0.2) is 14.8 Å². The Balaban J connectivity index is 1.32. The fraction of sp³-hybridized carbons (Fsp3) is 0.333. The van der Waals surface area contributed by atoms with Crippen LogP contribution in [-0.4, -0.2) is 74.5 Å². The van der Waals surface area contributed by atoms with Crippen molar-refractivity contribution >= 4 is 34.7 Å². The first kappa shape index (κ1) is 30.3. The number of nitrogens with zero attached hydrogens (tertiary/aromatic N) is 7. The van der Waals surface area contributed by atoms with E-state index in [0.29, 0.717) is 32.0 Å². The van der Waals surface area contributed by atoms with Crippen molar-refractivity contribution in [2.75, 3.05) is 50.1 Å². The quantitative estimate of drug-likeness (QED) is 0.300. The number of carbonyl (C=O) groups excluding carboxylic acids is 1. The number of nitriles is 1. The third-order valence-electron chi connectivity index (χ3n) is 6.67. The van der Waals surface area contributed by atoms with Gasteiger partial charge in [-0.3, -0.25) is 15.0 Å². The van der Waals surface area contributed by atoms with Gasteiger partial charge in [0.15, 0.2) is 11.4 Å². The van der Waals surface area contributed by atoms with Crippen LogP contribution in [0.5, 0.6) is 11.5 Å². The van der Waals surface area contributed by atoms with E-state index < -0.39 is 23.4 Å². The van der Waals surface area contributed by atoms with Gasteiger partial charge in [-0.15, -0.1) is 0 Å². The number of imidazole rings is 1. The molecule has 44 heavy (non-hydrogen) atoms. The van der Waals surface area contributed by atoms with E-state index in [9.17, 15) is 28.0 Å². The number of ether oxygens (including phenoxy) is 3. The summed E-state index contributed by atoms with van der Waals surface area (Å²) in [6, 6.07) is 5.65. The highest BCUT2D eigenvalue weighted by Gasteiger charge is 2.32. The highest BCUT2D eigenvalue weighted by atomic mass is 19.4. The number of fused-ring (bicyclic) bond motifs is 1. The van der Waals surface area contributed by atoms with Crippen LogP contribution in [0.4, 0.5) is 35.4 Å². The number of halogens is 3. The molecule has 1 saturated heterocycles. The molecule has 5 rings (SSSR count). The van der Waals surface area contributed by atoms with E-state index in [4.69, 9.17) is 14.2 Å². The maximum atomic E-state index is 13.3. The molecule has 0 unspecified atom stereocenters. The molecule has 2 N–H and O–H groups in total. The minimum absolute atomic E-state index is 0.0174. The minimum Gasteiger partial charge on any atom is -0.454 e. The second-order valence-corrected chi connectivity index (χ2v) is 9.65. The zero-order valence-corrected chi connectivity index (χ0v) is 23.5. The molecule has 0 saturated carbocycles. The number of aromatic nitrogens is 5. The van der Waals surface area contributed by atoms with Gasteiger partial charge in [-0.1, -0.05) is 0 Å². The minimum atomic E-state index is -4.68. The topological polar surface area (TPSA) is 161 Å². The zero-order chi connectivity index (χ0) is 31.4. The Kier molecular flexibility index (Phi) is 8.64. The second kappa shape index (κ2) is 12.6. The maximum absolute atomic E-state index is 13.3. The number of rotatable bonds is 8. The summed E-state index contributed by atoms with van der Waals surface area (Å²) < 4.78 is 58.6. The van der Waals surface area contributed by atoms with E-state index >= 15 is 0 Å². The van der Waals surface area contributed by atoms with Crippen molar-refractivity contribution in [3.05, 3.63) is 58.3 Å². The lowest BCUT2D eigenvalue weighted by Gasteiger charge is -2.26. The monoisotopic (exact) mass is 613 g/mol. The van der Waals surface area contributed by atoms with Gasteiger partial charge in [0, 0.05) is 52.2 Å². The molecule has 14 nitrogen and oxygen atoms in total. The van der Waals surface area contributed by atoms with Gasteiger partial charge in [0.1, 0.15) is 41.0 Å². The number of hydrogen-bond donors (Lipinski definition) is 2. The smallest absolute Gasteiger partial charge is 0.417 e. The molecule has 230 valence electrons. The van der Waals surface area contributed by atoms with Gasteiger partial charge in [-0.05, 0) is 12.1 Å². The highest BCUT2D eigenvalue weighted by molar-refractivity contribution is 5.85. The van der Waals surface area contributed by atoms with Crippen molar-refractivity contribution in [2.24, 2.45) is 14.1 Å². The van der Waals surface area contributed by atoms with Crippen LogP contribution < -0.4 is 20.9 Å². The van der Waals surface area contributed by atoms with E-state index in [1.54, 1.807) is 0 Å². The van der Waals surface area contributed by atoms with Crippen LogP contribution in [0.25, 0.3) is 11.2 Å². The molecular weight excluding hydrogens is 587 g/mol. The molecule has 1 fully saturated rings. The molecule has 0 spiro atoms. The molecule has 1 amide bonds. The average molecular weight is 614 g/mol. The molecule has 0 radical (unpaired) electrons. The van der Waals surface area contributed by atoms with Crippen LogP contribution in [0.1, 0.15) is 11.1 Å². The number of amides is 1. The SMILES string of the molecule is Cn1cc(C(F)(F)F)cc(Nc2nc3ncc(Oc4ccnc(NC(=O)OCCN5CCOCC5)c4)c(C#N)c3n2C)c1=O. The molecular formula is C27H26F3N9O5. The van der Waals surface area contributed by atoms with Crippen molar-refractivity contribution < 1.29 is 32.2 Å². The Hall–Kier alpha value is -5.21. The van der Waals surface area contributed by atoms with Gasteiger partial charge in [0.05, 0.1) is 25.0 Å². The summed E-state index contributed by atoms with van der Waals surface area (Å²) in [4.78, 5) is 39.5. The van der Waals surface area contributed by atoms with Crippen molar-refractivity contribution in [2.45, 2.75) is 6.18 Å². The first-order valence-electron chi connectivity index (χ1n) is 13.2. The van der Waals surface area contributed by atoms with Crippen LogP contribution in [0.15, 0.2) is 41.6 Å². The van der Waals surface area contributed by atoms with Crippen molar-refractivity contribution in [3.8, 4) is 17.6 Å². The number of hydrogen-bond acceptors (Lipinski definition) is 11. The fourth-order valence-corrected chi connectivity index (χ4v) is 4.43. The zero-order valence-electron chi connectivity index (χ0n) is 23.5. The van der Waals surface area contributed by atoms with Crippen molar-refractivity contribution in [1.29, 1.82) is 5.26 Å². The lowest BCUT2D eigenvalue weighted by atomic mass is 10.2. The second-order valence-electron chi connectivity index (χ2n) is 9.65. The van der Waals surface area contributed by atoms with Crippen molar-refractivity contribution in [1.82, 2.24) is 29.0 Å². The lowest BCUT2D eigenvalue weighted by Crippen LogP contribution is -2.38. The molecule has 0 aliphatic carbocycles. The number of anilines is 3. The molecule has 5 heterocycles. The predicted molar refractivity (Wildman–Crippen MR) is 150 cm³/mol. The van der Waals surface area contributed by atoms with Crippen LogP contribution >= 0.6 is 0 Å². The number of pyridine rings is 3. The lowest BCUT2D eigenvalue weighted by molar-refractivity contribution is -0.138. The number of carbonyl (C=O) groups is 1. The van der Waals surface area contributed by atoms with E-state index in [1.165, 1.54) is 43.2 Å². The Morgan fingerprint density at radius 3 is 2.70 bits per heavy atom. The molecule has 1 aliphatic heterocycles. The van der Waals surface area contributed by atoms with Gasteiger partial charge in [-0.2, -0.15) is 23.4 Å². The summed E-state index contributed by atoms with van der Waals surface area (Å²) in [7, 11) is 2.70. The normalized spacial score (nSPS) is 13.8. The molecule has 0 aromatic carbocycles. The van der Waals surface area contributed by atoms with Gasteiger partial charge < -0.3 is 28.7 Å². The van der Waals surface area contributed by atoms with Crippen molar-refractivity contribution in [3.63, 3.8) is 0 Å². The third kappa shape index (κ3) is 6.71. The number of morpholine rings is 1. The van der Waals surface area contributed by atoms with Crippen LogP contribution in [0.3, 0.4) is 0 Å². The molecule has 0 bridgehead atoms. The predicted octanol–water partition coefficient (Wildman–Crippen LogP) is 3.37. The number of alkyl halides is 3. The van der Waals surface area contributed by atoms with Gasteiger partial charge in [0.2, 0.25) is 5.95 Å². The summed E-state index contributed by atoms with van der Waals surface area (Å²) in [6.45, 7) is 3.56. The Morgan fingerprint density at radius 1 is 1.20 bits per heavy atom. The first-order valence-corrected chi connectivity index (χ1v) is 13.2.